The zero-order valence-corrected chi connectivity index (χ0v) is 15.5. The first-order chi connectivity index (χ1) is 11.4. The number of nitrogens with zero attached hydrogens (tertiary/aromatic N) is 1. The van der Waals surface area contributed by atoms with Crippen molar-refractivity contribution in [1.29, 1.82) is 0 Å². The van der Waals surface area contributed by atoms with Gasteiger partial charge in [0.1, 0.15) is 0 Å². The van der Waals surface area contributed by atoms with E-state index >= 15 is 0 Å². The smallest absolute Gasteiger partial charge is 0.253 e. The number of carbonyl (C=O) groups excluding carboxylic acids is 2. The second-order valence-electron chi connectivity index (χ2n) is 5.16. The molecule has 2 amide bonds. The van der Waals surface area contributed by atoms with Gasteiger partial charge < -0.3 is 10.2 Å². The van der Waals surface area contributed by atoms with Gasteiger partial charge in [-0.3, -0.25) is 9.59 Å². The standard InChI is InChI=1S/C17H16Cl2N2O2S/c1-21(2)17(23)11-6-8-12(9-7-11)20-15(22)10-24-16-13(18)4-3-5-14(16)19/h3-9H,10H2,1-2H3,(H,20,22). The number of carbonyl (C=O) groups is 2. The first kappa shape index (κ1) is 18.6. The zero-order valence-electron chi connectivity index (χ0n) is 13.2. The maximum absolute atomic E-state index is 12.0. The van der Waals surface area contributed by atoms with Crippen molar-refractivity contribution in [2.45, 2.75) is 4.90 Å². The summed E-state index contributed by atoms with van der Waals surface area (Å²) in [5.74, 6) is -0.0820. The molecular formula is C17H16Cl2N2O2S. The normalized spacial score (nSPS) is 10.3. The molecule has 0 spiro atoms. The van der Waals surface area contributed by atoms with E-state index in [9.17, 15) is 9.59 Å². The Balaban J connectivity index is 1.94. The lowest BCUT2D eigenvalue weighted by molar-refractivity contribution is -0.113. The van der Waals surface area contributed by atoms with Gasteiger partial charge in [-0.05, 0) is 36.4 Å². The number of anilines is 1. The van der Waals surface area contributed by atoms with E-state index in [1.165, 1.54) is 16.7 Å². The number of amides is 2. The Labute approximate surface area is 155 Å². The fourth-order valence-electron chi connectivity index (χ4n) is 1.91. The highest BCUT2D eigenvalue weighted by Gasteiger charge is 2.11. The van der Waals surface area contributed by atoms with Crippen LogP contribution < -0.4 is 5.32 Å². The fourth-order valence-corrected chi connectivity index (χ4v) is 3.39. The van der Waals surface area contributed by atoms with Crippen LogP contribution >= 0.6 is 35.0 Å². The van der Waals surface area contributed by atoms with E-state index in [-0.39, 0.29) is 17.6 Å². The summed E-state index contributed by atoms with van der Waals surface area (Å²) in [5, 5.41) is 3.82. The van der Waals surface area contributed by atoms with Crippen molar-refractivity contribution in [3.63, 3.8) is 0 Å². The van der Waals surface area contributed by atoms with Crippen molar-refractivity contribution in [1.82, 2.24) is 4.90 Å². The van der Waals surface area contributed by atoms with Crippen molar-refractivity contribution in [2.75, 3.05) is 25.2 Å². The Morgan fingerprint density at radius 3 is 2.17 bits per heavy atom. The van der Waals surface area contributed by atoms with Gasteiger partial charge in [-0.25, -0.2) is 0 Å². The number of thioether (sulfide) groups is 1. The average Bonchev–Trinajstić information content (AvgIpc) is 2.54. The van der Waals surface area contributed by atoms with Crippen LogP contribution in [0.3, 0.4) is 0 Å². The summed E-state index contributed by atoms with van der Waals surface area (Å²) in [6, 6.07) is 12.0. The van der Waals surface area contributed by atoms with Crippen LogP contribution in [-0.2, 0) is 4.79 Å². The molecule has 2 rings (SSSR count). The van der Waals surface area contributed by atoms with Crippen molar-refractivity contribution < 1.29 is 9.59 Å². The first-order valence-corrected chi connectivity index (χ1v) is 8.81. The molecule has 0 aliphatic rings. The predicted molar refractivity (Wildman–Crippen MR) is 100 cm³/mol. The Hall–Kier alpha value is -1.69. The number of hydrogen-bond acceptors (Lipinski definition) is 3. The van der Waals surface area contributed by atoms with E-state index in [1.807, 2.05) is 0 Å². The van der Waals surface area contributed by atoms with Crippen LogP contribution in [-0.4, -0.2) is 36.6 Å². The highest BCUT2D eigenvalue weighted by atomic mass is 35.5. The molecule has 0 unspecified atom stereocenters. The molecule has 2 aromatic carbocycles. The van der Waals surface area contributed by atoms with Crippen LogP contribution in [0.2, 0.25) is 10.0 Å². The molecule has 0 radical (unpaired) electrons. The van der Waals surface area contributed by atoms with Gasteiger partial charge in [0, 0.05) is 30.2 Å². The van der Waals surface area contributed by atoms with Gasteiger partial charge in [-0.15, -0.1) is 11.8 Å². The molecule has 0 saturated heterocycles. The lowest BCUT2D eigenvalue weighted by Crippen LogP contribution is -2.21. The molecule has 0 fully saturated rings. The molecule has 7 heteroatoms. The minimum Gasteiger partial charge on any atom is -0.345 e. The van der Waals surface area contributed by atoms with Crippen LogP contribution in [0.25, 0.3) is 0 Å². The molecule has 24 heavy (non-hydrogen) atoms. The highest BCUT2D eigenvalue weighted by molar-refractivity contribution is 8.00. The van der Waals surface area contributed by atoms with E-state index < -0.39 is 0 Å². The van der Waals surface area contributed by atoms with Gasteiger partial charge in [-0.1, -0.05) is 29.3 Å². The van der Waals surface area contributed by atoms with Crippen LogP contribution in [0.15, 0.2) is 47.4 Å². The van der Waals surface area contributed by atoms with Gasteiger partial charge in [0.05, 0.1) is 15.8 Å². The number of nitrogens with one attached hydrogen (secondary N) is 1. The largest absolute Gasteiger partial charge is 0.345 e. The summed E-state index contributed by atoms with van der Waals surface area (Å²) >= 11 is 13.4. The maximum Gasteiger partial charge on any atom is 0.253 e. The van der Waals surface area contributed by atoms with Gasteiger partial charge >= 0.3 is 0 Å². The monoisotopic (exact) mass is 382 g/mol. The van der Waals surface area contributed by atoms with Crippen molar-refractivity contribution in [2.24, 2.45) is 0 Å². The van der Waals surface area contributed by atoms with E-state index in [0.29, 0.717) is 26.2 Å². The molecule has 0 heterocycles. The number of hydrogen-bond donors (Lipinski definition) is 1. The van der Waals surface area contributed by atoms with Crippen LogP contribution in [0.5, 0.6) is 0 Å². The highest BCUT2D eigenvalue weighted by Crippen LogP contribution is 2.33. The SMILES string of the molecule is CN(C)C(=O)c1ccc(NC(=O)CSc2c(Cl)cccc2Cl)cc1. The summed E-state index contributed by atoms with van der Waals surface area (Å²) in [7, 11) is 3.38. The summed E-state index contributed by atoms with van der Waals surface area (Å²) < 4.78 is 0. The molecule has 126 valence electrons. The number of rotatable bonds is 5. The third-order valence-corrected chi connectivity index (χ3v) is 5.08. The third-order valence-electron chi connectivity index (χ3n) is 3.09. The topological polar surface area (TPSA) is 49.4 Å². The molecule has 4 nitrogen and oxygen atoms in total. The second-order valence-corrected chi connectivity index (χ2v) is 6.96. The Morgan fingerprint density at radius 2 is 1.62 bits per heavy atom. The lowest BCUT2D eigenvalue weighted by Gasteiger charge is -2.11. The van der Waals surface area contributed by atoms with Gasteiger partial charge in [0.25, 0.3) is 5.91 Å². The van der Waals surface area contributed by atoms with Gasteiger partial charge in [0.15, 0.2) is 0 Å². The number of halogens is 2. The van der Waals surface area contributed by atoms with Gasteiger partial charge in [0.2, 0.25) is 5.91 Å². The molecule has 1 N–H and O–H groups in total. The first-order valence-electron chi connectivity index (χ1n) is 7.07. The Kier molecular flexibility index (Phi) is 6.54. The molecule has 2 aromatic rings. The molecular weight excluding hydrogens is 367 g/mol. The van der Waals surface area contributed by atoms with E-state index in [2.05, 4.69) is 5.32 Å². The summed E-state index contributed by atoms with van der Waals surface area (Å²) in [6.07, 6.45) is 0. The summed E-state index contributed by atoms with van der Waals surface area (Å²) in [4.78, 5) is 26.0. The van der Waals surface area contributed by atoms with E-state index in [4.69, 9.17) is 23.2 Å². The molecule has 0 atom stereocenters. The fraction of sp³-hybridized carbons (Fsp3) is 0.176. The lowest BCUT2D eigenvalue weighted by atomic mass is 10.2. The molecule has 0 aliphatic carbocycles. The molecule has 0 bridgehead atoms. The third kappa shape index (κ3) is 4.90. The summed E-state index contributed by atoms with van der Waals surface area (Å²) in [5.41, 5.74) is 1.19. The molecule has 0 aliphatic heterocycles. The van der Waals surface area contributed by atoms with Crippen molar-refractivity contribution >= 4 is 52.5 Å². The summed E-state index contributed by atoms with van der Waals surface area (Å²) in [6.45, 7) is 0. The van der Waals surface area contributed by atoms with Crippen molar-refractivity contribution in [3.8, 4) is 0 Å². The maximum atomic E-state index is 12.0. The van der Waals surface area contributed by atoms with Gasteiger partial charge in [-0.2, -0.15) is 0 Å². The molecule has 0 aromatic heterocycles. The van der Waals surface area contributed by atoms with Crippen molar-refractivity contribution in [3.05, 3.63) is 58.1 Å². The minimum absolute atomic E-state index is 0.0863. The predicted octanol–water partition coefficient (Wildman–Crippen LogP) is 4.43. The average molecular weight is 383 g/mol. The van der Waals surface area contributed by atoms with Crippen LogP contribution in [0, 0.1) is 0 Å². The zero-order chi connectivity index (χ0) is 17.7. The van der Waals surface area contributed by atoms with Crippen LogP contribution in [0.1, 0.15) is 10.4 Å². The number of benzene rings is 2. The van der Waals surface area contributed by atoms with E-state index in [1.54, 1.807) is 56.6 Å². The minimum atomic E-state index is -0.178. The quantitative estimate of drug-likeness (QED) is 0.778. The molecule has 0 saturated carbocycles. The Morgan fingerprint density at radius 1 is 1.04 bits per heavy atom. The van der Waals surface area contributed by atoms with E-state index in [0.717, 1.165) is 0 Å². The van der Waals surface area contributed by atoms with Crippen LogP contribution in [0.4, 0.5) is 5.69 Å². The Bertz CT molecular complexity index is 729. The second kappa shape index (κ2) is 8.42.